The van der Waals surface area contributed by atoms with E-state index in [1.807, 2.05) is 16.7 Å². The minimum Gasteiger partial charge on any atom is -0.322 e. The van der Waals surface area contributed by atoms with Crippen LogP contribution in [-0.2, 0) is 12.4 Å². The summed E-state index contributed by atoms with van der Waals surface area (Å²) in [6.07, 6.45) is 0. The fourth-order valence-corrected chi connectivity index (χ4v) is 2.59. The Labute approximate surface area is 121 Å². The quantitative estimate of drug-likeness (QED) is 0.658. The normalized spacial score (nSPS) is 11.2. The maximum absolute atomic E-state index is 13.3. The smallest absolute Gasteiger partial charge is 0.125 e. The minimum atomic E-state index is -0.279. The van der Waals surface area contributed by atoms with Gasteiger partial charge < -0.3 is 4.57 Å². The summed E-state index contributed by atoms with van der Waals surface area (Å²) in [4.78, 5) is 4.41. The summed E-state index contributed by atoms with van der Waals surface area (Å²) in [5, 5.41) is 0. The Morgan fingerprint density at radius 3 is 2.75 bits per heavy atom. The van der Waals surface area contributed by atoms with Crippen LogP contribution in [0.25, 0.3) is 11.0 Å². The van der Waals surface area contributed by atoms with Gasteiger partial charge in [-0.15, -0.1) is 11.6 Å². The van der Waals surface area contributed by atoms with Crippen LogP contribution in [0.2, 0.25) is 0 Å². The number of benzene rings is 2. The molecule has 3 rings (SSSR count). The summed E-state index contributed by atoms with van der Waals surface area (Å²) < 4.78 is 15.3. The highest BCUT2D eigenvalue weighted by atomic mass is 35.5. The van der Waals surface area contributed by atoms with E-state index in [1.165, 1.54) is 23.3 Å². The van der Waals surface area contributed by atoms with Gasteiger partial charge >= 0.3 is 0 Å². The van der Waals surface area contributed by atoms with Crippen molar-refractivity contribution in [2.75, 3.05) is 0 Å². The molecule has 0 saturated heterocycles. The van der Waals surface area contributed by atoms with Crippen molar-refractivity contribution in [3.63, 3.8) is 0 Å². The van der Waals surface area contributed by atoms with Gasteiger partial charge in [0.1, 0.15) is 11.6 Å². The van der Waals surface area contributed by atoms with Gasteiger partial charge in [-0.05, 0) is 30.2 Å². The number of aromatic nitrogens is 2. The monoisotopic (exact) mass is 288 g/mol. The molecular weight excluding hydrogens is 275 g/mol. The number of hydrogen-bond donors (Lipinski definition) is 0. The Kier molecular flexibility index (Phi) is 3.45. The van der Waals surface area contributed by atoms with E-state index < -0.39 is 0 Å². The average Bonchev–Trinajstić information content (AvgIpc) is 2.78. The number of aryl methyl sites for hydroxylation is 1. The second kappa shape index (κ2) is 5.25. The summed E-state index contributed by atoms with van der Waals surface area (Å²) >= 11 is 5.97. The van der Waals surface area contributed by atoms with Crippen molar-refractivity contribution >= 4 is 22.6 Å². The van der Waals surface area contributed by atoms with Crippen molar-refractivity contribution in [1.29, 1.82) is 0 Å². The molecule has 0 radical (unpaired) electrons. The Morgan fingerprint density at radius 1 is 1.20 bits per heavy atom. The zero-order valence-electron chi connectivity index (χ0n) is 11.1. The summed E-state index contributed by atoms with van der Waals surface area (Å²) in [6.45, 7) is 2.77. The molecule has 1 aromatic heterocycles. The molecule has 0 N–H and O–H groups in total. The van der Waals surface area contributed by atoms with Crippen molar-refractivity contribution in [2.24, 2.45) is 0 Å². The topological polar surface area (TPSA) is 17.8 Å². The van der Waals surface area contributed by atoms with E-state index in [9.17, 15) is 4.39 Å². The molecular formula is C16H14ClFN2. The molecule has 0 amide bonds. The van der Waals surface area contributed by atoms with Gasteiger partial charge in [0.05, 0.1) is 16.9 Å². The summed E-state index contributed by atoms with van der Waals surface area (Å²) in [6, 6.07) is 12.9. The van der Waals surface area contributed by atoms with Crippen molar-refractivity contribution in [1.82, 2.24) is 9.55 Å². The zero-order valence-corrected chi connectivity index (χ0v) is 11.9. The second-order valence-electron chi connectivity index (χ2n) is 4.81. The van der Waals surface area contributed by atoms with E-state index in [0.29, 0.717) is 17.9 Å². The molecule has 0 unspecified atom stereocenters. The molecule has 3 aromatic rings. The number of alkyl halides is 1. The Bertz CT molecular complexity index is 764. The van der Waals surface area contributed by atoms with Gasteiger partial charge in [-0.2, -0.15) is 0 Å². The van der Waals surface area contributed by atoms with Crippen LogP contribution in [0.4, 0.5) is 4.39 Å². The van der Waals surface area contributed by atoms with Gasteiger partial charge in [-0.25, -0.2) is 9.37 Å². The maximum Gasteiger partial charge on any atom is 0.125 e. The zero-order chi connectivity index (χ0) is 14.1. The average molecular weight is 289 g/mol. The van der Waals surface area contributed by atoms with Crippen molar-refractivity contribution in [3.8, 4) is 0 Å². The van der Waals surface area contributed by atoms with Crippen LogP contribution in [0.15, 0.2) is 42.5 Å². The van der Waals surface area contributed by atoms with Crippen LogP contribution in [0.1, 0.15) is 17.0 Å². The van der Waals surface area contributed by atoms with Gasteiger partial charge in [0.15, 0.2) is 0 Å². The molecule has 20 heavy (non-hydrogen) atoms. The fraction of sp³-hybridized carbons (Fsp3) is 0.188. The van der Waals surface area contributed by atoms with E-state index in [1.54, 1.807) is 6.07 Å². The van der Waals surface area contributed by atoms with E-state index in [2.05, 4.69) is 24.0 Å². The van der Waals surface area contributed by atoms with E-state index in [0.717, 1.165) is 11.3 Å². The van der Waals surface area contributed by atoms with E-state index in [4.69, 9.17) is 11.6 Å². The molecule has 4 heteroatoms. The Hall–Kier alpha value is -1.87. The van der Waals surface area contributed by atoms with Crippen LogP contribution in [0, 0.1) is 12.7 Å². The van der Waals surface area contributed by atoms with Crippen molar-refractivity contribution in [3.05, 3.63) is 65.2 Å². The lowest BCUT2D eigenvalue weighted by Gasteiger charge is -2.10. The third-order valence-corrected chi connectivity index (χ3v) is 3.74. The number of imidazole rings is 1. The Morgan fingerprint density at radius 2 is 2.00 bits per heavy atom. The molecule has 0 aliphatic rings. The summed E-state index contributed by atoms with van der Waals surface area (Å²) in [5.74, 6) is 0.789. The van der Waals surface area contributed by atoms with Gasteiger partial charge in [0, 0.05) is 12.6 Å². The van der Waals surface area contributed by atoms with E-state index >= 15 is 0 Å². The highest BCUT2D eigenvalue weighted by Gasteiger charge is 2.11. The molecule has 0 saturated carbocycles. The first-order valence-electron chi connectivity index (χ1n) is 6.44. The summed E-state index contributed by atoms with van der Waals surface area (Å²) in [5.41, 5.74) is 3.99. The van der Waals surface area contributed by atoms with Crippen molar-refractivity contribution < 1.29 is 4.39 Å². The van der Waals surface area contributed by atoms with Gasteiger partial charge in [-0.3, -0.25) is 0 Å². The van der Waals surface area contributed by atoms with Crippen LogP contribution < -0.4 is 0 Å². The lowest BCUT2D eigenvalue weighted by atomic mass is 10.1. The number of rotatable bonds is 3. The molecule has 2 nitrogen and oxygen atoms in total. The molecule has 2 aromatic carbocycles. The molecule has 0 fully saturated rings. The Balaban J connectivity index is 2.12. The van der Waals surface area contributed by atoms with E-state index in [-0.39, 0.29) is 5.82 Å². The minimum absolute atomic E-state index is 0.279. The fourth-order valence-electron chi connectivity index (χ4n) is 2.39. The van der Waals surface area contributed by atoms with Crippen LogP contribution >= 0.6 is 11.6 Å². The molecule has 0 aliphatic heterocycles. The third-order valence-electron chi connectivity index (χ3n) is 3.50. The maximum atomic E-state index is 13.3. The first-order chi connectivity index (χ1) is 9.69. The standard InChI is InChI=1S/C16H14ClFN2/c1-11-4-2-3-5-12(11)10-20-15-7-6-13(18)8-14(15)19-16(20)9-17/h2-8H,9-10H2,1H3. The number of nitrogens with zero attached hydrogens (tertiary/aromatic N) is 2. The SMILES string of the molecule is Cc1ccccc1Cn1c(CCl)nc2cc(F)ccc21. The van der Waals surface area contributed by atoms with Crippen molar-refractivity contribution in [2.45, 2.75) is 19.3 Å². The molecule has 0 spiro atoms. The lowest BCUT2D eigenvalue weighted by molar-refractivity contribution is 0.629. The first kappa shape index (κ1) is 13.1. The van der Waals surface area contributed by atoms with Gasteiger partial charge in [0.2, 0.25) is 0 Å². The van der Waals surface area contributed by atoms with Gasteiger partial charge in [0.25, 0.3) is 0 Å². The lowest BCUT2D eigenvalue weighted by Crippen LogP contribution is -2.05. The summed E-state index contributed by atoms with van der Waals surface area (Å²) in [7, 11) is 0. The third kappa shape index (κ3) is 2.29. The van der Waals surface area contributed by atoms with Crippen LogP contribution in [0.3, 0.4) is 0 Å². The highest BCUT2D eigenvalue weighted by molar-refractivity contribution is 6.16. The number of halogens is 2. The predicted molar refractivity (Wildman–Crippen MR) is 79.5 cm³/mol. The first-order valence-corrected chi connectivity index (χ1v) is 6.97. The molecule has 0 bridgehead atoms. The van der Waals surface area contributed by atoms with Crippen LogP contribution in [0.5, 0.6) is 0 Å². The van der Waals surface area contributed by atoms with Gasteiger partial charge in [-0.1, -0.05) is 24.3 Å². The molecule has 0 aliphatic carbocycles. The second-order valence-corrected chi connectivity index (χ2v) is 5.07. The predicted octanol–water partition coefficient (Wildman–Crippen LogP) is 4.27. The number of hydrogen-bond acceptors (Lipinski definition) is 1. The number of fused-ring (bicyclic) bond motifs is 1. The highest BCUT2D eigenvalue weighted by Crippen LogP contribution is 2.21. The molecule has 0 atom stereocenters. The van der Waals surface area contributed by atoms with Crippen LogP contribution in [-0.4, -0.2) is 9.55 Å². The largest absolute Gasteiger partial charge is 0.322 e. The molecule has 102 valence electrons. The molecule has 1 heterocycles.